The maximum atomic E-state index is 5.74. The summed E-state index contributed by atoms with van der Waals surface area (Å²) in [5.74, 6) is 6.51. The van der Waals surface area contributed by atoms with Crippen LogP contribution in [0.25, 0.3) is 0 Å². The molecule has 4 heteroatoms. The van der Waals surface area contributed by atoms with E-state index in [1.54, 1.807) is 11.3 Å². The summed E-state index contributed by atoms with van der Waals surface area (Å²) in [5, 5.41) is 0. The highest BCUT2D eigenvalue weighted by molar-refractivity contribution is 9.11. The molecule has 2 unspecified atom stereocenters. The fourth-order valence-corrected chi connectivity index (χ4v) is 3.88. The van der Waals surface area contributed by atoms with Crippen molar-refractivity contribution in [3.63, 3.8) is 0 Å². The van der Waals surface area contributed by atoms with E-state index >= 15 is 0 Å². The molecule has 1 rings (SSSR count). The van der Waals surface area contributed by atoms with Gasteiger partial charge >= 0.3 is 0 Å². The van der Waals surface area contributed by atoms with Gasteiger partial charge in [0.2, 0.25) is 0 Å². The number of unbranched alkanes of at least 4 members (excludes halogenated alkanes) is 1. The summed E-state index contributed by atoms with van der Waals surface area (Å²) in [6.07, 6.45) is 6.30. The Balaban J connectivity index is 2.65. The molecular weight excluding hydrogens is 308 g/mol. The molecule has 104 valence electrons. The lowest BCUT2D eigenvalue weighted by Crippen LogP contribution is -2.29. The Morgan fingerprint density at radius 2 is 2.17 bits per heavy atom. The number of nitrogens with two attached hydrogens (primary N) is 1. The van der Waals surface area contributed by atoms with Crippen LogP contribution in [0.15, 0.2) is 9.85 Å². The van der Waals surface area contributed by atoms with Crippen molar-refractivity contribution in [1.82, 2.24) is 5.43 Å². The van der Waals surface area contributed by atoms with Crippen LogP contribution < -0.4 is 11.3 Å². The van der Waals surface area contributed by atoms with Crippen molar-refractivity contribution in [1.29, 1.82) is 0 Å². The van der Waals surface area contributed by atoms with Gasteiger partial charge in [-0.2, -0.15) is 0 Å². The van der Waals surface area contributed by atoms with Gasteiger partial charge in [0.15, 0.2) is 0 Å². The molecule has 1 aromatic heterocycles. The van der Waals surface area contributed by atoms with Crippen LogP contribution >= 0.6 is 27.3 Å². The van der Waals surface area contributed by atoms with Gasteiger partial charge in [-0.3, -0.25) is 11.3 Å². The first kappa shape index (κ1) is 16.2. The summed E-state index contributed by atoms with van der Waals surface area (Å²) in [5.41, 5.74) is 4.29. The second-order valence-electron chi connectivity index (χ2n) is 4.98. The normalized spacial score (nSPS) is 14.7. The first-order valence-electron chi connectivity index (χ1n) is 6.84. The van der Waals surface area contributed by atoms with Gasteiger partial charge in [0.25, 0.3) is 0 Å². The first-order valence-corrected chi connectivity index (χ1v) is 8.45. The van der Waals surface area contributed by atoms with Gasteiger partial charge in [-0.1, -0.05) is 39.5 Å². The molecule has 2 nitrogen and oxygen atoms in total. The second kappa shape index (κ2) is 8.31. The van der Waals surface area contributed by atoms with Crippen molar-refractivity contribution < 1.29 is 0 Å². The Bertz CT molecular complexity index is 332. The topological polar surface area (TPSA) is 38.0 Å². The Hall–Kier alpha value is 0.1000. The molecule has 0 fully saturated rings. The molecule has 0 radical (unpaired) electrons. The number of halogens is 1. The van der Waals surface area contributed by atoms with E-state index in [4.69, 9.17) is 5.84 Å². The van der Waals surface area contributed by atoms with Crippen molar-refractivity contribution >= 4 is 27.3 Å². The van der Waals surface area contributed by atoms with Gasteiger partial charge in [0.1, 0.15) is 0 Å². The van der Waals surface area contributed by atoms with Crippen LogP contribution in [0.2, 0.25) is 0 Å². The minimum absolute atomic E-state index is 0.293. The summed E-state index contributed by atoms with van der Waals surface area (Å²) in [4.78, 5) is 1.34. The van der Waals surface area contributed by atoms with Crippen molar-refractivity contribution in [2.45, 2.75) is 58.9 Å². The lowest BCUT2D eigenvalue weighted by Gasteiger charge is -2.21. The van der Waals surface area contributed by atoms with Gasteiger partial charge in [0.05, 0.1) is 9.83 Å². The van der Waals surface area contributed by atoms with Gasteiger partial charge in [-0.25, -0.2) is 0 Å². The quantitative estimate of drug-likeness (QED) is 0.523. The molecule has 0 bridgehead atoms. The lowest BCUT2D eigenvalue weighted by atomic mass is 9.91. The molecule has 0 aliphatic heterocycles. The Morgan fingerprint density at radius 1 is 1.44 bits per heavy atom. The third kappa shape index (κ3) is 4.65. The molecule has 0 saturated heterocycles. The van der Waals surface area contributed by atoms with Crippen LogP contribution in [-0.2, 0) is 0 Å². The predicted molar refractivity (Wildman–Crippen MR) is 84.7 cm³/mol. The zero-order chi connectivity index (χ0) is 13.5. The number of hydrogen-bond acceptors (Lipinski definition) is 3. The number of rotatable bonds is 8. The first-order chi connectivity index (χ1) is 8.62. The Kier molecular flexibility index (Phi) is 7.46. The monoisotopic (exact) mass is 332 g/mol. The number of aryl methyl sites for hydroxylation is 1. The zero-order valence-corrected chi connectivity index (χ0v) is 14.0. The Labute approximate surface area is 123 Å². The highest BCUT2D eigenvalue weighted by Crippen LogP contribution is 2.34. The van der Waals surface area contributed by atoms with Crippen LogP contribution in [0, 0.1) is 12.8 Å². The van der Waals surface area contributed by atoms with E-state index in [-0.39, 0.29) is 0 Å². The van der Waals surface area contributed by atoms with E-state index in [9.17, 15) is 0 Å². The molecule has 0 aromatic carbocycles. The average molecular weight is 333 g/mol. The Morgan fingerprint density at radius 3 is 2.61 bits per heavy atom. The van der Waals surface area contributed by atoms with Crippen molar-refractivity contribution in [2.24, 2.45) is 11.8 Å². The molecule has 0 spiro atoms. The highest BCUT2D eigenvalue weighted by Gasteiger charge is 2.18. The van der Waals surface area contributed by atoms with Crippen LogP contribution in [-0.4, -0.2) is 0 Å². The van der Waals surface area contributed by atoms with E-state index in [0.29, 0.717) is 6.04 Å². The van der Waals surface area contributed by atoms with Gasteiger partial charge in [-0.05, 0) is 46.8 Å². The summed E-state index contributed by atoms with van der Waals surface area (Å²) in [7, 11) is 0. The number of thiophene rings is 1. The van der Waals surface area contributed by atoms with Crippen LogP contribution in [0.1, 0.15) is 62.4 Å². The summed E-state index contributed by atoms with van der Waals surface area (Å²) >= 11 is 5.39. The van der Waals surface area contributed by atoms with E-state index < -0.39 is 0 Å². The maximum Gasteiger partial charge on any atom is 0.0731 e. The standard InChI is InChI=1S/C14H25BrN2S/c1-4-6-7-11(5-2)9-12(17-16)13-8-10(3)14(15)18-13/h8,11-12,17H,4-7,9,16H2,1-3H3. The SMILES string of the molecule is CCCCC(CC)CC(NN)c1cc(C)c(Br)s1. The maximum absolute atomic E-state index is 5.74. The van der Waals surface area contributed by atoms with E-state index in [2.05, 4.69) is 48.2 Å². The molecule has 0 amide bonds. The predicted octanol–water partition coefficient (Wildman–Crippen LogP) is 4.93. The van der Waals surface area contributed by atoms with Crippen LogP contribution in [0.5, 0.6) is 0 Å². The van der Waals surface area contributed by atoms with Gasteiger partial charge in [-0.15, -0.1) is 11.3 Å². The molecule has 0 saturated carbocycles. The molecule has 0 aliphatic carbocycles. The molecule has 1 heterocycles. The van der Waals surface area contributed by atoms with E-state index in [1.165, 1.54) is 39.9 Å². The van der Waals surface area contributed by atoms with E-state index in [0.717, 1.165) is 12.3 Å². The largest absolute Gasteiger partial charge is 0.271 e. The number of hydrogen-bond donors (Lipinski definition) is 2. The summed E-state index contributed by atoms with van der Waals surface area (Å²) in [6.45, 7) is 6.67. The van der Waals surface area contributed by atoms with E-state index in [1.807, 2.05) is 0 Å². The third-order valence-corrected chi connectivity index (χ3v) is 5.78. The minimum Gasteiger partial charge on any atom is -0.271 e. The second-order valence-corrected chi connectivity index (χ2v) is 7.38. The van der Waals surface area contributed by atoms with Crippen molar-refractivity contribution in [3.05, 3.63) is 20.3 Å². The lowest BCUT2D eigenvalue weighted by molar-refractivity contribution is 0.359. The molecule has 18 heavy (non-hydrogen) atoms. The van der Waals surface area contributed by atoms with Crippen molar-refractivity contribution in [3.8, 4) is 0 Å². The fourth-order valence-electron chi connectivity index (χ4n) is 2.24. The number of hydrazine groups is 1. The summed E-state index contributed by atoms with van der Waals surface area (Å²) < 4.78 is 1.22. The van der Waals surface area contributed by atoms with Crippen LogP contribution in [0.4, 0.5) is 0 Å². The van der Waals surface area contributed by atoms with Gasteiger partial charge < -0.3 is 0 Å². The molecular formula is C14H25BrN2S. The smallest absolute Gasteiger partial charge is 0.0731 e. The van der Waals surface area contributed by atoms with Crippen molar-refractivity contribution in [2.75, 3.05) is 0 Å². The summed E-state index contributed by atoms with van der Waals surface area (Å²) in [6, 6.07) is 2.54. The zero-order valence-electron chi connectivity index (χ0n) is 11.6. The van der Waals surface area contributed by atoms with Crippen LogP contribution in [0.3, 0.4) is 0 Å². The molecule has 1 aromatic rings. The number of nitrogens with one attached hydrogen (secondary N) is 1. The molecule has 3 N–H and O–H groups in total. The minimum atomic E-state index is 0.293. The molecule has 0 aliphatic rings. The van der Waals surface area contributed by atoms with Gasteiger partial charge in [0, 0.05) is 4.88 Å². The molecule has 2 atom stereocenters. The average Bonchev–Trinajstić information content (AvgIpc) is 2.70. The highest BCUT2D eigenvalue weighted by atomic mass is 79.9. The fraction of sp³-hybridized carbons (Fsp3) is 0.714. The third-order valence-electron chi connectivity index (χ3n) is 3.53.